The van der Waals surface area contributed by atoms with Crippen molar-refractivity contribution < 1.29 is 4.74 Å². The first kappa shape index (κ1) is 12.1. The average Bonchev–Trinajstić information content (AvgIpc) is 2.13. The van der Waals surface area contributed by atoms with Crippen molar-refractivity contribution in [1.82, 2.24) is 9.97 Å². The molecule has 1 aromatic heterocycles. The third kappa shape index (κ3) is 2.77. The Morgan fingerprint density at radius 1 is 1.50 bits per heavy atom. The molecule has 0 spiro atoms. The second-order valence-electron chi connectivity index (χ2n) is 2.87. The van der Waals surface area contributed by atoms with Gasteiger partial charge in [0.25, 0.3) is 0 Å². The van der Waals surface area contributed by atoms with E-state index in [0.29, 0.717) is 17.6 Å². The van der Waals surface area contributed by atoms with Gasteiger partial charge in [-0.3, -0.25) is 0 Å². The van der Waals surface area contributed by atoms with Gasteiger partial charge in [-0.05, 0) is 43.4 Å². The molecule has 1 unspecified atom stereocenters. The molecule has 0 aliphatic rings. The van der Waals surface area contributed by atoms with E-state index in [-0.39, 0.29) is 6.10 Å². The van der Waals surface area contributed by atoms with E-state index in [1.807, 2.05) is 20.8 Å². The third-order valence-electron chi connectivity index (χ3n) is 1.77. The lowest BCUT2D eigenvalue weighted by atomic mass is 10.3. The summed E-state index contributed by atoms with van der Waals surface area (Å²) in [7, 11) is 0. The highest BCUT2D eigenvalue weighted by Crippen LogP contribution is 2.21. The summed E-state index contributed by atoms with van der Waals surface area (Å²) < 4.78 is 6.29. The molecule has 0 radical (unpaired) electrons. The number of hydrogen-bond acceptors (Lipinski definition) is 3. The van der Waals surface area contributed by atoms with Crippen molar-refractivity contribution in [3.05, 3.63) is 20.2 Å². The molecule has 78 valence electrons. The second kappa shape index (κ2) is 5.23. The summed E-state index contributed by atoms with van der Waals surface area (Å²) in [5, 5.41) is 0.500. The minimum Gasteiger partial charge on any atom is -0.371 e. The molecule has 0 aliphatic heterocycles. The maximum Gasteiger partial charge on any atom is 0.158 e. The van der Waals surface area contributed by atoms with Crippen LogP contribution in [-0.2, 0) is 4.74 Å². The Balaban J connectivity index is 3.00. The molecule has 0 amide bonds. The summed E-state index contributed by atoms with van der Waals surface area (Å²) in [6, 6.07) is 0. The Kier molecular flexibility index (Phi) is 4.53. The summed E-state index contributed by atoms with van der Waals surface area (Å²) in [6.07, 6.45) is -0.104. The van der Waals surface area contributed by atoms with Crippen LogP contribution in [0.1, 0.15) is 31.5 Å². The van der Waals surface area contributed by atoms with Crippen LogP contribution in [0.3, 0.4) is 0 Å². The molecule has 1 heterocycles. The lowest BCUT2D eigenvalue weighted by molar-refractivity contribution is 0.0699. The SMILES string of the molecule is CCOC(C)c1nc(C)c(I)c(Cl)n1. The third-order valence-corrected chi connectivity index (χ3v) is 3.66. The highest BCUT2D eigenvalue weighted by molar-refractivity contribution is 14.1. The van der Waals surface area contributed by atoms with Gasteiger partial charge in [-0.15, -0.1) is 0 Å². The van der Waals surface area contributed by atoms with Crippen LogP contribution in [0.4, 0.5) is 0 Å². The molecule has 14 heavy (non-hydrogen) atoms. The van der Waals surface area contributed by atoms with E-state index in [1.54, 1.807) is 0 Å². The first-order valence-electron chi connectivity index (χ1n) is 4.37. The molecule has 0 saturated carbocycles. The minimum atomic E-state index is -0.104. The molecular weight excluding hydrogens is 314 g/mol. The van der Waals surface area contributed by atoms with Gasteiger partial charge >= 0.3 is 0 Å². The molecule has 5 heteroatoms. The van der Waals surface area contributed by atoms with Crippen LogP contribution in [0.15, 0.2) is 0 Å². The highest BCUT2D eigenvalue weighted by atomic mass is 127. The van der Waals surface area contributed by atoms with Crippen LogP contribution in [0.2, 0.25) is 5.15 Å². The topological polar surface area (TPSA) is 35.0 Å². The first-order valence-corrected chi connectivity index (χ1v) is 5.83. The van der Waals surface area contributed by atoms with E-state index in [0.717, 1.165) is 9.26 Å². The van der Waals surface area contributed by atoms with Gasteiger partial charge in [0.2, 0.25) is 0 Å². The van der Waals surface area contributed by atoms with Crippen molar-refractivity contribution in [1.29, 1.82) is 0 Å². The van der Waals surface area contributed by atoms with Crippen molar-refractivity contribution in [3.8, 4) is 0 Å². The van der Waals surface area contributed by atoms with Gasteiger partial charge < -0.3 is 4.74 Å². The summed E-state index contributed by atoms with van der Waals surface area (Å²) in [5.41, 5.74) is 0.896. The molecule has 0 N–H and O–H groups in total. The normalized spacial score (nSPS) is 12.9. The number of ether oxygens (including phenoxy) is 1. The summed E-state index contributed by atoms with van der Waals surface area (Å²) >= 11 is 8.08. The smallest absolute Gasteiger partial charge is 0.158 e. The van der Waals surface area contributed by atoms with Crippen LogP contribution in [-0.4, -0.2) is 16.6 Å². The van der Waals surface area contributed by atoms with E-state index in [9.17, 15) is 0 Å². The molecule has 1 atom stereocenters. The number of aromatic nitrogens is 2. The van der Waals surface area contributed by atoms with E-state index < -0.39 is 0 Å². The predicted molar refractivity (Wildman–Crippen MR) is 64.5 cm³/mol. The Morgan fingerprint density at radius 2 is 2.14 bits per heavy atom. The van der Waals surface area contributed by atoms with Crippen molar-refractivity contribution in [2.45, 2.75) is 26.9 Å². The monoisotopic (exact) mass is 326 g/mol. The largest absolute Gasteiger partial charge is 0.371 e. The molecular formula is C9H12ClIN2O. The zero-order chi connectivity index (χ0) is 10.7. The molecule has 0 bridgehead atoms. The lowest BCUT2D eigenvalue weighted by Crippen LogP contribution is -2.07. The molecule has 0 aromatic carbocycles. The van der Waals surface area contributed by atoms with Gasteiger partial charge in [-0.1, -0.05) is 11.6 Å². The molecule has 0 saturated heterocycles. The van der Waals surface area contributed by atoms with Crippen LogP contribution in [0, 0.1) is 10.5 Å². The zero-order valence-corrected chi connectivity index (χ0v) is 11.3. The van der Waals surface area contributed by atoms with Crippen molar-refractivity contribution >= 4 is 34.2 Å². The van der Waals surface area contributed by atoms with Gasteiger partial charge in [0, 0.05) is 6.61 Å². The fourth-order valence-electron chi connectivity index (χ4n) is 1.05. The second-order valence-corrected chi connectivity index (χ2v) is 4.31. The zero-order valence-electron chi connectivity index (χ0n) is 8.34. The Hall–Kier alpha value is 0.0600. The highest BCUT2D eigenvalue weighted by Gasteiger charge is 2.12. The van der Waals surface area contributed by atoms with Gasteiger partial charge in [0.1, 0.15) is 11.3 Å². The Morgan fingerprint density at radius 3 is 2.64 bits per heavy atom. The quantitative estimate of drug-likeness (QED) is 0.632. The average molecular weight is 327 g/mol. The Bertz CT molecular complexity index is 310. The number of halogens is 2. The number of nitrogens with zero attached hydrogens (tertiary/aromatic N) is 2. The first-order chi connectivity index (χ1) is 6.56. The van der Waals surface area contributed by atoms with Crippen LogP contribution in [0.5, 0.6) is 0 Å². The Labute approximate surface area is 102 Å². The lowest BCUT2D eigenvalue weighted by Gasteiger charge is -2.11. The molecule has 0 fully saturated rings. The van der Waals surface area contributed by atoms with E-state index in [2.05, 4.69) is 32.6 Å². The van der Waals surface area contributed by atoms with Crippen molar-refractivity contribution in [2.24, 2.45) is 0 Å². The number of aryl methyl sites for hydroxylation is 1. The summed E-state index contributed by atoms with van der Waals surface area (Å²) in [5.74, 6) is 0.648. The van der Waals surface area contributed by atoms with Gasteiger partial charge in [-0.2, -0.15) is 0 Å². The standard InChI is InChI=1S/C9H12ClIN2O/c1-4-14-6(3)9-12-5(2)7(11)8(10)13-9/h6H,4H2,1-3H3. The van der Waals surface area contributed by atoms with Gasteiger partial charge in [-0.25, -0.2) is 9.97 Å². The van der Waals surface area contributed by atoms with E-state index in [1.165, 1.54) is 0 Å². The fourth-order valence-corrected chi connectivity index (χ4v) is 1.52. The minimum absolute atomic E-state index is 0.104. The molecule has 1 aromatic rings. The van der Waals surface area contributed by atoms with Crippen molar-refractivity contribution in [3.63, 3.8) is 0 Å². The maximum absolute atomic E-state index is 5.95. The number of rotatable bonds is 3. The summed E-state index contributed by atoms with van der Waals surface area (Å²) in [6.45, 7) is 6.42. The fraction of sp³-hybridized carbons (Fsp3) is 0.556. The molecule has 0 aliphatic carbocycles. The van der Waals surface area contributed by atoms with Crippen LogP contribution in [0.25, 0.3) is 0 Å². The van der Waals surface area contributed by atoms with E-state index in [4.69, 9.17) is 16.3 Å². The number of hydrogen-bond donors (Lipinski definition) is 0. The predicted octanol–water partition coefficient (Wildman–Crippen LogP) is 3.14. The summed E-state index contributed by atoms with van der Waals surface area (Å²) in [4.78, 5) is 8.50. The van der Waals surface area contributed by atoms with E-state index >= 15 is 0 Å². The molecule has 1 rings (SSSR count). The van der Waals surface area contributed by atoms with Crippen LogP contribution < -0.4 is 0 Å². The molecule has 3 nitrogen and oxygen atoms in total. The van der Waals surface area contributed by atoms with Crippen molar-refractivity contribution in [2.75, 3.05) is 6.61 Å². The van der Waals surface area contributed by atoms with Gasteiger partial charge in [0.05, 0.1) is 9.26 Å². The maximum atomic E-state index is 5.95. The van der Waals surface area contributed by atoms with Crippen LogP contribution >= 0.6 is 34.2 Å². The van der Waals surface area contributed by atoms with Gasteiger partial charge in [0.15, 0.2) is 5.82 Å².